The van der Waals surface area contributed by atoms with Crippen LogP contribution in [0.2, 0.25) is 0 Å². The van der Waals surface area contributed by atoms with Crippen LogP contribution in [-0.2, 0) is 5.41 Å². The highest BCUT2D eigenvalue weighted by Gasteiger charge is 2.20. The van der Waals surface area contributed by atoms with Crippen LogP contribution >= 0.6 is 11.3 Å². The molecule has 0 saturated heterocycles. The highest BCUT2D eigenvalue weighted by atomic mass is 32.1. The maximum absolute atomic E-state index is 12.4. The summed E-state index contributed by atoms with van der Waals surface area (Å²) in [6.07, 6.45) is 3.68. The lowest BCUT2D eigenvalue weighted by Gasteiger charge is -2.17. The standard InChI is InChI=1S/C18H20N4O.C7H10N2S/c1-12-7-8-13(9-16(12)22-20)17(23)21-15-6-4-5-14(10-15)18(2,3)11-19;1-3-6(8)7-4-9-5(2)10-7/h4-10,22H,20H2,1-3H3,(H,21,23);3-4H,8H2,1-2H3/b;6-3+. The van der Waals surface area contributed by atoms with E-state index in [-0.39, 0.29) is 5.91 Å². The number of hydrogen-bond acceptors (Lipinski definition) is 7. The van der Waals surface area contributed by atoms with Crippen LogP contribution in [0.25, 0.3) is 5.70 Å². The topological polar surface area (TPSA) is 130 Å². The number of hydrogen-bond donors (Lipinski definition) is 4. The van der Waals surface area contributed by atoms with Crippen molar-refractivity contribution in [2.75, 3.05) is 10.7 Å². The number of nitriles is 1. The van der Waals surface area contributed by atoms with Crippen LogP contribution in [0.3, 0.4) is 0 Å². The number of nitrogens with two attached hydrogens (primary N) is 2. The van der Waals surface area contributed by atoms with Gasteiger partial charge in [-0.3, -0.25) is 10.6 Å². The van der Waals surface area contributed by atoms with Crippen LogP contribution in [0, 0.1) is 25.2 Å². The van der Waals surface area contributed by atoms with Crippen molar-refractivity contribution < 1.29 is 4.79 Å². The molecule has 172 valence electrons. The lowest BCUT2D eigenvalue weighted by Crippen LogP contribution is -2.16. The van der Waals surface area contributed by atoms with Gasteiger partial charge in [0.2, 0.25) is 0 Å². The Labute approximate surface area is 199 Å². The molecule has 0 aliphatic heterocycles. The molecule has 3 aromatic rings. The summed E-state index contributed by atoms with van der Waals surface area (Å²) in [4.78, 5) is 17.5. The third-order valence-corrected chi connectivity index (χ3v) is 5.96. The molecule has 0 radical (unpaired) electrons. The van der Waals surface area contributed by atoms with Crippen molar-refractivity contribution in [1.29, 1.82) is 5.26 Å². The van der Waals surface area contributed by atoms with E-state index in [9.17, 15) is 10.1 Å². The zero-order valence-electron chi connectivity index (χ0n) is 19.6. The van der Waals surface area contributed by atoms with Gasteiger partial charge in [0.1, 0.15) is 0 Å². The van der Waals surface area contributed by atoms with E-state index in [4.69, 9.17) is 11.6 Å². The number of amides is 1. The van der Waals surface area contributed by atoms with E-state index < -0.39 is 5.41 Å². The molecule has 0 saturated carbocycles. The molecule has 8 heteroatoms. The molecule has 7 nitrogen and oxygen atoms in total. The summed E-state index contributed by atoms with van der Waals surface area (Å²) in [5.41, 5.74) is 12.1. The fourth-order valence-corrected chi connectivity index (χ4v) is 3.57. The monoisotopic (exact) mass is 462 g/mol. The summed E-state index contributed by atoms with van der Waals surface area (Å²) in [5, 5.41) is 13.1. The summed E-state index contributed by atoms with van der Waals surface area (Å²) in [6.45, 7) is 9.48. The number of nitrogen functional groups attached to an aromatic ring is 1. The summed E-state index contributed by atoms with van der Waals surface area (Å²) in [5.74, 6) is 5.21. The van der Waals surface area contributed by atoms with Gasteiger partial charge in [-0.05, 0) is 70.0 Å². The molecule has 6 N–H and O–H groups in total. The van der Waals surface area contributed by atoms with Gasteiger partial charge in [-0.1, -0.05) is 24.3 Å². The molecule has 0 spiro atoms. The summed E-state index contributed by atoms with van der Waals surface area (Å²) < 4.78 is 0. The first-order valence-electron chi connectivity index (χ1n) is 10.4. The van der Waals surface area contributed by atoms with Crippen LogP contribution in [0.1, 0.15) is 52.1 Å². The van der Waals surface area contributed by atoms with Crippen LogP contribution in [0.15, 0.2) is 54.7 Å². The highest BCUT2D eigenvalue weighted by molar-refractivity contribution is 7.12. The number of allylic oxidation sites excluding steroid dienone is 1. The number of nitrogens with zero attached hydrogens (tertiary/aromatic N) is 2. The molecule has 0 fully saturated rings. The summed E-state index contributed by atoms with van der Waals surface area (Å²) >= 11 is 1.62. The SMILES string of the molecule is C/C=C(/N)c1cnc(C)s1.Cc1ccc(C(=O)Nc2cccc(C(C)(C)C#N)c2)cc1NN. The van der Waals surface area contributed by atoms with Gasteiger partial charge in [0.05, 0.1) is 27.1 Å². The van der Waals surface area contributed by atoms with E-state index in [1.54, 1.807) is 35.7 Å². The van der Waals surface area contributed by atoms with E-state index in [1.807, 2.05) is 65.0 Å². The fraction of sp³-hybridized carbons (Fsp3) is 0.240. The van der Waals surface area contributed by atoms with Gasteiger partial charge in [0.25, 0.3) is 5.91 Å². The lowest BCUT2D eigenvalue weighted by molar-refractivity contribution is 0.102. The highest BCUT2D eigenvalue weighted by Crippen LogP contribution is 2.25. The molecule has 0 unspecified atom stereocenters. The number of hydrazine groups is 1. The van der Waals surface area contributed by atoms with Crippen LogP contribution in [0.5, 0.6) is 0 Å². The Morgan fingerprint density at radius 1 is 1.21 bits per heavy atom. The largest absolute Gasteiger partial charge is 0.398 e. The third kappa shape index (κ3) is 6.91. The van der Waals surface area contributed by atoms with Crippen molar-refractivity contribution >= 4 is 34.3 Å². The van der Waals surface area contributed by atoms with Gasteiger partial charge in [-0.25, -0.2) is 4.98 Å². The van der Waals surface area contributed by atoms with Crippen LogP contribution < -0.4 is 22.3 Å². The molecule has 1 aromatic heterocycles. The Balaban J connectivity index is 0.000000321. The van der Waals surface area contributed by atoms with Crippen molar-refractivity contribution in [1.82, 2.24) is 4.98 Å². The smallest absolute Gasteiger partial charge is 0.255 e. The van der Waals surface area contributed by atoms with Crippen molar-refractivity contribution in [2.45, 2.75) is 40.0 Å². The maximum Gasteiger partial charge on any atom is 0.255 e. The molecular weight excluding hydrogens is 432 g/mol. The number of rotatable bonds is 5. The second-order valence-electron chi connectivity index (χ2n) is 7.93. The van der Waals surface area contributed by atoms with E-state index in [0.29, 0.717) is 16.9 Å². The molecule has 1 amide bonds. The van der Waals surface area contributed by atoms with Crippen molar-refractivity contribution in [3.63, 3.8) is 0 Å². The van der Waals surface area contributed by atoms with Crippen molar-refractivity contribution in [2.24, 2.45) is 11.6 Å². The van der Waals surface area contributed by atoms with E-state index in [1.165, 1.54) is 0 Å². The van der Waals surface area contributed by atoms with Gasteiger partial charge in [-0.2, -0.15) is 5.26 Å². The molecule has 33 heavy (non-hydrogen) atoms. The minimum absolute atomic E-state index is 0.228. The fourth-order valence-electron chi connectivity index (χ4n) is 2.81. The molecule has 1 heterocycles. The first-order valence-corrected chi connectivity index (χ1v) is 11.2. The van der Waals surface area contributed by atoms with Gasteiger partial charge in [0, 0.05) is 23.1 Å². The Hall–Kier alpha value is -3.67. The summed E-state index contributed by atoms with van der Waals surface area (Å²) in [7, 11) is 0. The Morgan fingerprint density at radius 3 is 2.52 bits per heavy atom. The zero-order valence-corrected chi connectivity index (χ0v) is 20.4. The Morgan fingerprint density at radius 2 is 1.94 bits per heavy atom. The number of aromatic nitrogens is 1. The zero-order chi connectivity index (χ0) is 24.6. The van der Waals surface area contributed by atoms with Crippen LogP contribution in [-0.4, -0.2) is 10.9 Å². The first kappa shape index (κ1) is 25.6. The lowest BCUT2D eigenvalue weighted by atomic mass is 9.86. The maximum atomic E-state index is 12.4. The number of thiazole rings is 1. The average Bonchev–Trinajstić information content (AvgIpc) is 3.25. The van der Waals surface area contributed by atoms with Crippen molar-refractivity contribution in [3.05, 3.63) is 81.3 Å². The minimum atomic E-state index is -0.610. The van der Waals surface area contributed by atoms with E-state index in [2.05, 4.69) is 21.8 Å². The Kier molecular flexibility index (Phi) is 8.74. The van der Waals surface area contributed by atoms with Crippen molar-refractivity contribution in [3.8, 4) is 6.07 Å². The van der Waals surface area contributed by atoms with Crippen LogP contribution in [0.4, 0.5) is 11.4 Å². The number of carbonyl (C=O) groups excluding carboxylic acids is 1. The number of carbonyl (C=O) groups is 1. The summed E-state index contributed by atoms with van der Waals surface area (Å²) in [6, 6.07) is 14.9. The first-order chi connectivity index (χ1) is 15.6. The number of nitrogens with one attached hydrogen (secondary N) is 2. The van der Waals surface area contributed by atoms with Gasteiger partial charge < -0.3 is 16.5 Å². The van der Waals surface area contributed by atoms with Gasteiger partial charge in [-0.15, -0.1) is 11.3 Å². The Bertz CT molecular complexity index is 1190. The predicted molar refractivity (Wildman–Crippen MR) is 137 cm³/mol. The molecule has 0 aliphatic carbocycles. The molecular formula is C25H30N6OS. The van der Waals surface area contributed by atoms with Gasteiger partial charge in [0.15, 0.2) is 0 Å². The number of anilines is 2. The van der Waals surface area contributed by atoms with E-state index in [0.717, 1.165) is 26.7 Å². The molecule has 0 atom stereocenters. The van der Waals surface area contributed by atoms with E-state index >= 15 is 0 Å². The minimum Gasteiger partial charge on any atom is -0.398 e. The second kappa shape index (κ2) is 11.3. The predicted octanol–water partition coefficient (Wildman–Crippen LogP) is 5.11. The number of benzene rings is 2. The number of aryl methyl sites for hydroxylation is 2. The molecule has 3 rings (SSSR count). The molecule has 0 bridgehead atoms. The third-order valence-electron chi connectivity index (χ3n) is 4.99. The average molecular weight is 463 g/mol. The molecule has 0 aliphatic rings. The second-order valence-corrected chi connectivity index (χ2v) is 9.17. The normalized spacial score (nSPS) is 11.1. The quantitative estimate of drug-likeness (QED) is 0.308. The van der Waals surface area contributed by atoms with Gasteiger partial charge >= 0.3 is 0 Å². The molecule has 2 aromatic carbocycles.